The molecule has 12 heteroatoms. The molecule has 0 saturated heterocycles. The van der Waals surface area contributed by atoms with E-state index in [2.05, 4.69) is 35.7 Å². The third-order valence-electron chi connectivity index (χ3n) is 3.58. The van der Waals surface area contributed by atoms with Crippen LogP contribution in [0.5, 0.6) is 0 Å². The van der Waals surface area contributed by atoms with Gasteiger partial charge in [0.1, 0.15) is 5.65 Å². The van der Waals surface area contributed by atoms with Crippen LogP contribution in [0, 0.1) is 0 Å². The number of nitrogens with zero attached hydrogens (tertiary/aromatic N) is 6. The van der Waals surface area contributed by atoms with E-state index in [9.17, 15) is 13.2 Å². The normalized spacial score (nSPS) is 12.2. The van der Waals surface area contributed by atoms with Crippen molar-refractivity contribution in [3.8, 4) is 11.6 Å². The quantitative estimate of drug-likeness (QED) is 0.506. The first-order chi connectivity index (χ1) is 11.5. The molecule has 4 aromatic rings. The van der Waals surface area contributed by atoms with Crippen molar-refractivity contribution in [1.82, 2.24) is 40.2 Å². The summed E-state index contributed by atoms with van der Waals surface area (Å²) in [5.41, 5.74) is 0.0732. The van der Waals surface area contributed by atoms with Crippen LogP contribution in [-0.4, -0.2) is 54.4 Å². The molecule has 0 radical (unpaired) electrons. The standard InChI is InChI=1S/C12H10N8O3S/c1-2-24(22,23)6-3-4-8-7(5-6)11-14-9(10-15-18-19-16-10)17-20(11)12(21)13-8/h3-5H,2H2,1H3,(H,14,17)(H,15,16,18,19). The first-order valence-electron chi connectivity index (χ1n) is 6.89. The molecule has 0 spiro atoms. The van der Waals surface area contributed by atoms with Gasteiger partial charge in [-0.2, -0.15) is 9.50 Å². The number of hydrogen-bond acceptors (Lipinski definition) is 8. The molecule has 3 heterocycles. The maximum atomic E-state index is 12.1. The molecule has 0 saturated carbocycles. The predicted molar refractivity (Wildman–Crippen MR) is 82.0 cm³/mol. The van der Waals surface area contributed by atoms with E-state index in [-0.39, 0.29) is 22.3 Å². The van der Waals surface area contributed by atoms with E-state index in [4.69, 9.17) is 0 Å². The van der Waals surface area contributed by atoms with Gasteiger partial charge in [-0.25, -0.2) is 18.3 Å². The van der Waals surface area contributed by atoms with Crippen LogP contribution >= 0.6 is 0 Å². The molecular formula is C12H10N8O3S. The zero-order valence-corrected chi connectivity index (χ0v) is 13.1. The van der Waals surface area contributed by atoms with Gasteiger partial charge in [0, 0.05) is 5.39 Å². The highest BCUT2D eigenvalue weighted by molar-refractivity contribution is 7.91. The van der Waals surface area contributed by atoms with E-state index in [1.165, 1.54) is 18.2 Å². The van der Waals surface area contributed by atoms with Crippen molar-refractivity contribution in [2.45, 2.75) is 11.8 Å². The van der Waals surface area contributed by atoms with Crippen LogP contribution in [-0.2, 0) is 9.84 Å². The average molecular weight is 346 g/mol. The van der Waals surface area contributed by atoms with Crippen molar-refractivity contribution < 1.29 is 8.42 Å². The minimum atomic E-state index is -3.39. The molecule has 122 valence electrons. The first kappa shape index (κ1) is 14.4. The van der Waals surface area contributed by atoms with E-state index in [1.807, 2.05) is 0 Å². The van der Waals surface area contributed by atoms with Gasteiger partial charge in [0.15, 0.2) is 15.7 Å². The smallest absolute Gasteiger partial charge is 0.319 e. The highest BCUT2D eigenvalue weighted by Crippen LogP contribution is 2.22. The fourth-order valence-corrected chi connectivity index (χ4v) is 3.24. The summed E-state index contributed by atoms with van der Waals surface area (Å²) in [7, 11) is -3.39. The number of benzene rings is 1. The second-order valence-electron chi connectivity index (χ2n) is 4.96. The van der Waals surface area contributed by atoms with Crippen LogP contribution in [0.4, 0.5) is 0 Å². The van der Waals surface area contributed by atoms with Crippen molar-refractivity contribution in [3.05, 3.63) is 28.7 Å². The third-order valence-corrected chi connectivity index (χ3v) is 5.31. The molecule has 11 nitrogen and oxygen atoms in total. The molecule has 0 atom stereocenters. The number of H-pyrrole nitrogens is 2. The maximum Gasteiger partial charge on any atom is 0.370 e. The molecule has 2 N–H and O–H groups in total. The molecule has 0 unspecified atom stereocenters. The van der Waals surface area contributed by atoms with Gasteiger partial charge in [-0.05, 0) is 28.6 Å². The Morgan fingerprint density at radius 3 is 2.79 bits per heavy atom. The Kier molecular flexibility index (Phi) is 2.96. The molecule has 0 bridgehead atoms. The second-order valence-corrected chi connectivity index (χ2v) is 7.24. The molecule has 24 heavy (non-hydrogen) atoms. The van der Waals surface area contributed by atoms with Crippen LogP contribution in [0.2, 0.25) is 0 Å². The van der Waals surface area contributed by atoms with E-state index in [0.29, 0.717) is 16.6 Å². The Morgan fingerprint density at radius 1 is 1.25 bits per heavy atom. The Morgan fingerprint density at radius 2 is 2.08 bits per heavy atom. The number of nitrogens with one attached hydrogen (secondary N) is 2. The van der Waals surface area contributed by atoms with Crippen LogP contribution in [0.1, 0.15) is 6.92 Å². The van der Waals surface area contributed by atoms with Gasteiger partial charge >= 0.3 is 5.69 Å². The number of tetrazole rings is 1. The largest absolute Gasteiger partial charge is 0.370 e. The summed E-state index contributed by atoms with van der Waals surface area (Å²) in [6.45, 7) is 1.56. The van der Waals surface area contributed by atoms with Gasteiger partial charge in [0.2, 0.25) is 5.82 Å². The molecule has 0 fully saturated rings. The molecule has 1 aromatic carbocycles. The number of aromatic amines is 2. The Labute approximate surface area is 133 Å². The summed E-state index contributed by atoms with van der Waals surface area (Å²) in [4.78, 5) is 19.1. The summed E-state index contributed by atoms with van der Waals surface area (Å²) >= 11 is 0. The van der Waals surface area contributed by atoms with E-state index in [0.717, 1.165) is 4.52 Å². The number of hydrogen-bond donors (Lipinski definition) is 2. The maximum absolute atomic E-state index is 12.1. The molecule has 0 aliphatic heterocycles. The molecular weight excluding hydrogens is 336 g/mol. The number of fused-ring (bicyclic) bond motifs is 3. The Hall–Kier alpha value is -3.15. The van der Waals surface area contributed by atoms with E-state index in [1.54, 1.807) is 6.92 Å². The van der Waals surface area contributed by atoms with E-state index >= 15 is 0 Å². The lowest BCUT2D eigenvalue weighted by Crippen LogP contribution is -2.17. The van der Waals surface area contributed by atoms with Crippen molar-refractivity contribution in [2.75, 3.05) is 5.75 Å². The van der Waals surface area contributed by atoms with Gasteiger partial charge in [-0.1, -0.05) is 6.92 Å². The van der Waals surface area contributed by atoms with Crippen LogP contribution in [0.25, 0.3) is 28.2 Å². The average Bonchev–Trinajstić information content (AvgIpc) is 3.24. The fraction of sp³-hybridized carbons (Fsp3) is 0.167. The Balaban J connectivity index is 2.08. The van der Waals surface area contributed by atoms with Crippen molar-refractivity contribution in [1.29, 1.82) is 0 Å². The molecule has 0 aliphatic carbocycles. The van der Waals surface area contributed by atoms with Gasteiger partial charge in [0.25, 0.3) is 0 Å². The lowest BCUT2D eigenvalue weighted by molar-refractivity contribution is 0.597. The molecule has 0 aliphatic rings. The minimum absolute atomic E-state index is 0.0280. The Bertz CT molecular complexity index is 1220. The predicted octanol–water partition coefficient (Wildman–Crippen LogP) is -0.456. The van der Waals surface area contributed by atoms with Crippen molar-refractivity contribution in [3.63, 3.8) is 0 Å². The number of rotatable bonds is 3. The lowest BCUT2D eigenvalue weighted by Gasteiger charge is -2.03. The summed E-state index contributed by atoms with van der Waals surface area (Å²) < 4.78 is 25.2. The second kappa shape index (κ2) is 4.92. The molecule has 3 aromatic heterocycles. The lowest BCUT2D eigenvalue weighted by atomic mass is 10.2. The summed E-state index contributed by atoms with van der Waals surface area (Å²) in [5, 5.41) is 17.7. The summed E-state index contributed by atoms with van der Waals surface area (Å²) in [6, 6.07) is 4.40. The number of sulfone groups is 1. The topological polar surface area (TPSA) is 152 Å². The fourth-order valence-electron chi connectivity index (χ4n) is 2.34. The summed E-state index contributed by atoms with van der Waals surface area (Å²) in [6.07, 6.45) is 0. The monoisotopic (exact) mass is 346 g/mol. The SMILES string of the molecule is CCS(=O)(=O)c1ccc2nc(=O)n3nc(-c4nnn[nH]4)[nH]c3c2c1. The zero-order chi connectivity index (χ0) is 16.9. The first-order valence-corrected chi connectivity index (χ1v) is 8.54. The highest BCUT2D eigenvalue weighted by atomic mass is 32.2. The van der Waals surface area contributed by atoms with Gasteiger partial charge < -0.3 is 4.98 Å². The van der Waals surface area contributed by atoms with Crippen molar-refractivity contribution in [2.24, 2.45) is 0 Å². The van der Waals surface area contributed by atoms with Gasteiger partial charge in [0.05, 0.1) is 16.2 Å². The van der Waals surface area contributed by atoms with Crippen LogP contribution in [0.15, 0.2) is 27.9 Å². The van der Waals surface area contributed by atoms with Gasteiger partial charge in [-0.3, -0.25) is 0 Å². The highest BCUT2D eigenvalue weighted by Gasteiger charge is 2.17. The van der Waals surface area contributed by atoms with Crippen molar-refractivity contribution >= 4 is 26.4 Å². The third kappa shape index (κ3) is 2.07. The van der Waals surface area contributed by atoms with Gasteiger partial charge in [-0.15, -0.1) is 10.2 Å². The number of aromatic nitrogens is 8. The molecule has 4 rings (SSSR count). The minimum Gasteiger partial charge on any atom is -0.319 e. The zero-order valence-electron chi connectivity index (χ0n) is 12.3. The van der Waals surface area contributed by atoms with E-state index < -0.39 is 15.5 Å². The van der Waals surface area contributed by atoms with Crippen LogP contribution in [0.3, 0.4) is 0 Å². The summed E-state index contributed by atoms with van der Waals surface area (Å²) in [5.74, 6) is 0.443. The van der Waals surface area contributed by atoms with Crippen LogP contribution < -0.4 is 5.69 Å². The molecule has 0 amide bonds.